The molecule has 2 aliphatic rings. The Morgan fingerprint density at radius 2 is 1.86 bits per heavy atom. The van der Waals surface area contributed by atoms with E-state index in [1.807, 2.05) is 6.92 Å². The van der Waals surface area contributed by atoms with E-state index in [4.69, 9.17) is 4.74 Å². The van der Waals surface area contributed by atoms with Crippen LogP contribution >= 0.6 is 0 Å². The lowest BCUT2D eigenvalue weighted by Crippen LogP contribution is -2.56. The lowest BCUT2D eigenvalue weighted by atomic mass is 9.87. The van der Waals surface area contributed by atoms with E-state index in [2.05, 4.69) is 16.0 Å². The van der Waals surface area contributed by atoms with Crippen molar-refractivity contribution in [2.75, 3.05) is 26.2 Å². The van der Waals surface area contributed by atoms with Crippen LogP contribution in [-0.2, 0) is 14.3 Å². The molecule has 0 aromatic heterocycles. The zero-order valence-electron chi connectivity index (χ0n) is 13.5. The van der Waals surface area contributed by atoms with Crippen LogP contribution in [0.25, 0.3) is 0 Å². The first-order chi connectivity index (χ1) is 10.7. The fourth-order valence-electron chi connectivity index (χ4n) is 3.25. The highest BCUT2D eigenvalue weighted by Gasteiger charge is 2.27. The van der Waals surface area contributed by atoms with E-state index < -0.39 is 0 Å². The second-order valence-electron chi connectivity index (χ2n) is 6.36. The van der Waals surface area contributed by atoms with E-state index in [0.717, 1.165) is 0 Å². The van der Waals surface area contributed by atoms with Gasteiger partial charge >= 0.3 is 0 Å². The Labute approximate surface area is 132 Å². The van der Waals surface area contributed by atoms with Gasteiger partial charge in [0.05, 0.1) is 12.7 Å². The van der Waals surface area contributed by atoms with E-state index in [-0.39, 0.29) is 24.0 Å². The Bertz CT molecular complexity index is 370. The molecule has 0 aromatic carbocycles. The van der Waals surface area contributed by atoms with Crippen LogP contribution in [0.4, 0.5) is 0 Å². The van der Waals surface area contributed by atoms with Crippen LogP contribution in [-0.4, -0.2) is 50.2 Å². The van der Waals surface area contributed by atoms with Crippen molar-refractivity contribution < 1.29 is 14.3 Å². The van der Waals surface area contributed by atoms with Gasteiger partial charge in [0, 0.05) is 26.1 Å². The zero-order valence-corrected chi connectivity index (χ0v) is 13.5. The van der Waals surface area contributed by atoms with Gasteiger partial charge in [0.1, 0.15) is 6.04 Å². The maximum Gasteiger partial charge on any atom is 0.239 e. The molecule has 0 aromatic rings. The number of carbonyl (C=O) groups excluding carboxylic acids is 2. The number of ether oxygens (including phenoxy) is 1. The highest BCUT2D eigenvalue weighted by Crippen LogP contribution is 2.25. The molecular formula is C16H29N3O3. The van der Waals surface area contributed by atoms with E-state index in [0.29, 0.717) is 38.6 Å². The topological polar surface area (TPSA) is 79.5 Å². The van der Waals surface area contributed by atoms with Crippen molar-refractivity contribution in [2.45, 2.75) is 57.6 Å². The minimum absolute atomic E-state index is 0.0614. The van der Waals surface area contributed by atoms with Gasteiger partial charge in [-0.1, -0.05) is 19.3 Å². The Balaban J connectivity index is 1.56. The average molecular weight is 311 g/mol. The average Bonchev–Trinajstić information content (AvgIpc) is 2.53. The third-order valence-corrected chi connectivity index (χ3v) is 4.54. The summed E-state index contributed by atoms with van der Waals surface area (Å²) in [6.45, 7) is 4.17. The van der Waals surface area contributed by atoms with Crippen molar-refractivity contribution >= 4 is 11.8 Å². The van der Waals surface area contributed by atoms with Gasteiger partial charge in [-0.2, -0.15) is 0 Å². The second-order valence-corrected chi connectivity index (χ2v) is 6.36. The monoisotopic (exact) mass is 311 g/mol. The Hall–Kier alpha value is -1.14. The maximum absolute atomic E-state index is 12.0. The smallest absolute Gasteiger partial charge is 0.239 e. The number of morpholine rings is 1. The van der Waals surface area contributed by atoms with E-state index in [1.165, 1.54) is 32.1 Å². The van der Waals surface area contributed by atoms with Gasteiger partial charge in [-0.05, 0) is 25.7 Å². The molecule has 0 unspecified atom stereocenters. The minimum atomic E-state index is -0.299. The van der Waals surface area contributed by atoms with Crippen molar-refractivity contribution in [2.24, 2.45) is 5.92 Å². The van der Waals surface area contributed by atoms with Gasteiger partial charge in [-0.25, -0.2) is 0 Å². The number of hydrogen-bond acceptors (Lipinski definition) is 4. The lowest BCUT2D eigenvalue weighted by Gasteiger charge is -2.29. The van der Waals surface area contributed by atoms with Crippen molar-refractivity contribution in [3.63, 3.8) is 0 Å². The molecule has 6 heteroatoms. The summed E-state index contributed by atoms with van der Waals surface area (Å²) in [6, 6.07) is -0.299. The van der Waals surface area contributed by atoms with Gasteiger partial charge in [0.25, 0.3) is 0 Å². The Morgan fingerprint density at radius 3 is 2.59 bits per heavy atom. The highest BCUT2D eigenvalue weighted by atomic mass is 16.5. The van der Waals surface area contributed by atoms with Crippen molar-refractivity contribution in [3.05, 3.63) is 0 Å². The molecule has 2 amide bonds. The largest absolute Gasteiger partial charge is 0.375 e. The molecule has 1 aliphatic carbocycles. The molecule has 0 bridgehead atoms. The summed E-state index contributed by atoms with van der Waals surface area (Å²) in [6.07, 6.45) is 6.68. The summed E-state index contributed by atoms with van der Waals surface area (Å²) in [5.41, 5.74) is 0. The molecule has 6 nitrogen and oxygen atoms in total. The predicted octanol–water partition coefficient (Wildman–Crippen LogP) is 0.566. The molecule has 3 N–H and O–H groups in total. The third-order valence-electron chi connectivity index (χ3n) is 4.54. The molecule has 2 fully saturated rings. The first-order valence-electron chi connectivity index (χ1n) is 8.56. The van der Waals surface area contributed by atoms with Crippen molar-refractivity contribution in [1.82, 2.24) is 16.0 Å². The molecular weight excluding hydrogens is 282 g/mol. The number of rotatable bonds is 6. The Morgan fingerprint density at radius 1 is 1.14 bits per heavy atom. The van der Waals surface area contributed by atoms with Crippen LogP contribution in [0.15, 0.2) is 0 Å². The predicted molar refractivity (Wildman–Crippen MR) is 84.4 cm³/mol. The summed E-state index contributed by atoms with van der Waals surface area (Å²) in [5.74, 6) is 0.593. The van der Waals surface area contributed by atoms with Gasteiger partial charge < -0.3 is 20.7 Å². The van der Waals surface area contributed by atoms with Crippen LogP contribution in [0.5, 0.6) is 0 Å². The van der Waals surface area contributed by atoms with Crippen LogP contribution in [0, 0.1) is 5.92 Å². The maximum atomic E-state index is 12.0. The number of amides is 2. The van der Waals surface area contributed by atoms with E-state index in [9.17, 15) is 9.59 Å². The summed E-state index contributed by atoms with van der Waals surface area (Å²) in [4.78, 5) is 23.9. The van der Waals surface area contributed by atoms with Gasteiger partial charge in [-0.3, -0.25) is 9.59 Å². The molecule has 1 aliphatic heterocycles. The number of hydrogen-bond donors (Lipinski definition) is 3. The van der Waals surface area contributed by atoms with Crippen molar-refractivity contribution in [3.8, 4) is 0 Å². The molecule has 22 heavy (non-hydrogen) atoms. The summed E-state index contributed by atoms with van der Waals surface area (Å²) < 4.78 is 5.45. The normalized spacial score (nSPS) is 26.4. The molecule has 2 rings (SSSR count). The Kier molecular flexibility index (Phi) is 7.12. The molecule has 0 radical (unpaired) electrons. The standard InChI is InChI=1S/C16H29N3O3/c1-12-15(18-9-10-22-12)16(21)19-8-7-17-14(20)11-13-5-3-2-4-6-13/h12-13,15,18H,2-11H2,1H3,(H,17,20)(H,19,21)/t12-,15+/m1/s1. The van der Waals surface area contributed by atoms with Gasteiger partial charge in [-0.15, -0.1) is 0 Å². The van der Waals surface area contributed by atoms with E-state index in [1.54, 1.807) is 0 Å². The first-order valence-corrected chi connectivity index (χ1v) is 8.56. The quantitative estimate of drug-likeness (QED) is 0.627. The summed E-state index contributed by atoms with van der Waals surface area (Å²) in [5, 5.41) is 8.89. The highest BCUT2D eigenvalue weighted by molar-refractivity contribution is 5.82. The number of carbonyl (C=O) groups is 2. The van der Waals surface area contributed by atoms with Gasteiger partial charge in [0.15, 0.2) is 0 Å². The number of nitrogens with one attached hydrogen (secondary N) is 3. The van der Waals surface area contributed by atoms with Crippen LogP contribution < -0.4 is 16.0 Å². The van der Waals surface area contributed by atoms with Crippen LogP contribution in [0.3, 0.4) is 0 Å². The zero-order chi connectivity index (χ0) is 15.8. The molecule has 0 spiro atoms. The third kappa shape index (κ3) is 5.57. The second kappa shape index (κ2) is 9.10. The first kappa shape index (κ1) is 17.2. The van der Waals surface area contributed by atoms with Crippen molar-refractivity contribution in [1.29, 1.82) is 0 Å². The summed E-state index contributed by atoms with van der Waals surface area (Å²) in [7, 11) is 0. The summed E-state index contributed by atoms with van der Waals surface area (Å²) >= 11 is 0. The molecule has 1 saturated carbocycles. The molecule has 1 heterocycles. The minimum Gasteiger partial charge on any atom is -0.375 e. The van der Waals surface area contributed by atoms with Crippen LogP contribution in [0.1, 0.15) is 45.4 Å². The van der Waals surface area contributed by atoms with E-state index >= 15 is 0 Å². The molecule has 126 valence electrons. The van der Waals surface area contributed by atoms with Gasteiger partial charge in [0.2, 0.25) is 11.8 Å². The lowest BCUT2D eigenvalue weighted by molar-refractivity contribution is -0.129. The molecule has 1 saturated heterocycles. The fourth-order valence-corrected chi connectivity index (χ4v) is 3.25. The fraction of sp³-hybridized carbons (Fsp3) is 0.875. The SMILES string of the molecule is C[C@H]1OCCN[C@@H]1C(=O)NCCNC(=O)CC1CCCCC1. The molecule has 2 atom stereocenters. The van der Waals surface area contributed by atoms with Crippen LogP contribution in [0.2, 0.25) is 0 Å².